The molecule has 0 heterocycles. The van der Waals surface area contributed by atoms with E-state index in [1.54, 1.807) is 0 Å². The van der Waals surface area contributed by atoms with Gasteiger partial charge in [0.15, 0.2) is 0 Å². The van der Waals surface area contributed by atoms with Crippen LogP contribution in [0.2, 0.25) is 0 Å². The highest BCUT2D eigenvalue weighted by atomic mass is 19.4. The predicted molar refractivity (Wildman–Crippen MR) is 59.7 cm³/mol. The number of nitrogens with two attached hydrogens (primary N) is 1. The van der Waals surface area contributed by atoms with Gasteiger partial charge in [-0.25, -0.2) is 0 Å². The molecule has 1 aromatic carbocycles. The third-order valence-electron chi connectivity index (χ3n) is 2.83. The monoisotopic (exact) mass is 258 g/mol. The zero-order valence-electron chi connectivity index (χ0n) is 9.50. The molecule has 0 aliphatic heterocycles. The van der Waals surface area contributed by atoms with Crippen molar-refractivity contribution in [2.24, 2.45) is 5.73 Å². The van der Waals surface area contributed by atoms with Crippen LogP contribution in [0.3, 0.4) is 0 Å². The molecule has 0 bridgehead atoms. The average molecular weight is 258 g/mol. The van der Waals surface area contributed by atoms with Gasteiger partial charge in [0.2, 0.25) is 5.91 Å². The quantitative estimate of drug-likeness (QED) is 0.862. The van der Waals surface area contributed by atoms with E-state index in [1.807, 2.05) is 0 Å². The van der Waals surface area contributed by atoms with Crippen LogP contribution in [0.15, 0.2) is 24.3 Å². The normalized spacial score (nSPS) is 22.7. The standard InChI is InChI=1S/C12H13F3N2O/c13-12(14,15)8-3-1-7(2-4-8)5-11(18)17-10-6-9(10)16/h1-4,9-10H,5-6,16H2,(H,17,18). The van der Waals surface area contributed by atoms with Crippen LogP contribution in [-0.4, -0.2) is 18.0 Å². The highest BCUT2D eigenvalue weighted by molar-refractivity contribution is 5.79. The molecule has 0 spiro atoms. The summed E-state index contributed by atoms with van der Waals surface area (Å²) in [7, 11) is 0. The molecular weight excluding hydrogens is 245 g/mol. The summed E-state index contributed by atoms with van der Waals surface area (Å²) in [6.07, 6.45) is -3.51. The van der Waals surface area contributed by atoms with Gasteiger partial charge in [-0.2, -0.15) is 13.2 Å². The number of hydrogen-bond acceptors (Lipinski definition) is 2. The fourth-order valence-corrected chi connectivity index (χ4v) is 1.64. The van der Waals surface area contributed by atoms with Crippen molar-refractivity contribution in [3.05, 3.63) is 35.4 Å². The minimum Gasteiger partial charge on any atom is -0.351 e. The maximum atomic E-state index is 12.3. The van der Waals surface area contributed by atoms with E-state index >= 15 is 0 Å². The summed E-state index contributed by atoms with van der Waals surface area (Å²) in [6.45, 7) is 0. The summed E-state index contributed by atoms with van der Waals surface area (Å²) in [5.74, 6) is -0.215. The van der Waals surface area contributed by atoms with Gasteiger partial charge in [0.25, 0.3) is 0 Å². The second-order valence-electron chi connectivity index (χ2n) is 4.45. The Kier molecular flexibility index (Phi) is 3.30. The van der Waals surface area contributed by atoms with Gasteiger partial charge in [-0.3, -0.25) is 4.79 Å². The molecule has 0 radical (unpaired) electrons. The first-order valence-electron chi connectivity index (χ1n) is 5.57. The Morgan fingerprint density at radius 1 is 1.33 bits per heavy atom. The van der Waals surface area contributed by atoms with E-state index in [1.165, 1.54) is 12.1 Å². The number of alkyl halides is 3. The Labute approximate surface area is 102 Å². The minimum atomic E-state index is -4.35. The third-order valence-corrected chi connectivity index (χ3v) is 2.83. The summed E-state index contributed by atoms with van der Waals surface area (Å²) in [4.78, 5) is 11.5. The van der Waals surface area contributed by atoms with Crippen molar-refractivity contribution in [1.82, 2.24) is 5.32 Å². The Morgan fingerprint density at radius 3 is 2.33 bits per heavy atom. The summed E-state index contributed by atoms with van der Waals surface area (Å²) in [5.41, 5.74) is 5.37. The van der Waals surface area contributed by atoms with Crippen molar-refractivity contribution in [1.29, 1.82) is 0 Å². The van der Waals surface area contributed by atoms with Crippen LogP contribution in [-0.2, 0) is 17.4 Å². The van der Waals surface area contributed by atoms with Crippen LogP contribution in [0.25, 0.3) is 0 Å². The molecule has 1 fully saturated rings. The topological polar surface area (TPSA) is 55.1 Å². The first-order chi connectivity index (χ1) is 8.36. The maximum Gasteiger partial charge on any atom is 0.416 e. The second kappa shape index (κ2) is 4.61. The molecule has 2 rings (SSSR count). The molecule has 6 heteroatoms. The number of hydrogen-bond donors (Lipinski definition) is 2. The van der Waals surface area contributed by atoms with Gasteiger partial charge in [-0.15, -0.1) is 0 Å². The molecule has 3 N–H and O–H groups in total. The summed E-state index contributed by atoms with van der Waals surface area (Å²) in [5, 5.41) is 2.71. The minimum absolute atomic E-state index is 0.0153. The second-order valence-corrected chi connectivity index (χ2v) is 4.45. The van der Waals surface area contributed by atoms with Crippen LogP contribution in [0.5, 0.6) is 0 Å². The van der Waals surface area contributed by atoms with Crippen molar-refractivity contribution in [3.8, 4) is 0 Å². The Bertz CT molecular complexity index is 442. The van der Waals surface area contributed by atoms with Crippen molar-refractivity contribution in [2.45, 2.75) is 31.1 Å². The number of nitrogens with one attached hydrogen (secondary N) is 1. The highest BCUT2D eigenvalue weighted by Crippen LogP contribution is 2.29. The lowest BCUT2D eigenvalue weighted by atomic mass is 10.1. The van der Waals surface area contributed by atoms with E-state index in [0.29, 0.717) is 5.56 Å². The lowest BCUT2D eigenvalue weighted by Gasteiger charge is -2.08. The van der Waals surface area contributed by atoms with E-state index in [-0.39, 0.29) is 24.4 Å². The molecule has 0 saturated heterocycles. The third kappa shape index (κ3) is 3.22. The fourth-order valence-electron chi connectivity index (χ4n) is 1.64. The maximum absolute atomic E-state index is 12.3. The Hall–Kier alpha value is -1.56. The zero-order valence-corrected chi connectivity index (χ0v) is 9.50. The van der Waals surface area contributed by atoms with Crippen molar-refractivity contribution in [3.63, 3.8) is 0 Å². The van der Waals surface area contributed by atoms with E-state index in [2.05, 4.69) is 5.32 Å². The molecule has 3 nitrogen and oxygen atoms in total. The van der Waals surface area contributed by atoms with Crippen LogP contribution < -0.4 is 11.1 Å². The lowest BCUT2D eigenvalue weighted by molar-refractivity contribution is -0.137. The summed E-state index contributed by atoms with van der Waals surface area (Å²) in [6, 6.07) is 4.62. The van der Waals surface area contributed by atoms with Gasteiger partial charge in [0, 0.05) is 12.1 Å². The van der Waals surface area contributed by atoms with Crippen LogP contribution in [0, 0.1) is 0 Å². The predicted octanol–water partition coefficient (Wildman–Crippen LogP) is 1.46. The van der Waals surface area contributed by atoms with E-state index in [9.17, 15) is 18.0 Å². The SMILES string of the molecule is NC1CC1NC(=O)Cc1ccc(C(F)(F)F)cc1. The largest absolute Gasteiger partial charge is 0.416 e. The molecule has 18 heavy (non-hydrogen) atoms. The number of amides is 1. The summed E-state index contributed by atoms with van der Waals surface area (Å²) >= 11 is 0. The molecule has 1 aliphatic carbocycles. The Morgan fingerprint density at radius 2 is 1.89 bits per heavy atom. The number of benzene rings is 1. The molecule has 1 saturated carbocycles. The van der Waals surface area contributed by atoms with Crippen molar-refractivity contribution >= 4 is 5.91 Å². The Balaban J connectivity index is 1.91. The number of rotatable bonds is 3. The molecule has 98 valence electrons. The van der Waals surface area contributed by atoms with E-state index in [0.717, 1.165) is 18.6 Å². The molecule has 2 atom stereocenters. The lowest BCUT2D eigenvalue weighted by Crippen LogP contribution is -2.30. The summed E-state index contributed by atoms with van der Waals surface area (Å²) < 4.78 is 36.9. The van der Waals surface area contributed by atoms with Crippen molar-refractivity contribution in [2.75, 3.05) is 0 Å². The number of halogens is 3. The molecular formula is C12H13F3N2O. The fraction of sp³-hybridized carbons (Fsp3) is 0.417. The van der Waals surface area contributed by atoms with Crippen LogP contribution >= 0.6 is 0 Å². The van der Waals surface area contributed by atoms with Gasteiger partial charge in [0.1, 0.15) is 0 Å². The average Bonchev–Trinajstić information content (AvgIpc) is 2.93. The first kappa shape index (κ1) is 12.9. The van der Waals surface area contributed by atoms with Gasteiger partial charge in [-0.1, -0.05) is 12.1 Å². The molecule has 1 aromatic rings. The van der Waals surface area contributed by atoms with E-state index in [4.69, 9.17) is 5.73 Å². The highest BCUT2D eigenvalue weighted by Gasteiger charge is 2.34. The molecule has 2 unspecified atom stereocenters. The van der Waals surface area contributed by atoms with Crippen LogP contribution in [0.4, 0.5) is 13.2 Å². The molecule has 1 aliphatic rings. The van der Waals surface area contributed by atoms with Gasteiger partial charge in [0.05, 0.1) is 12.0 Å². The number of carbonyl (C=O) groups is 1. The first-order valence-corrected chi connectivity index (χ1v) is 5.57. The number of carbonyl (C=O) groups excluding carboxylic acids is 1. The molecule has 1 amide bonds. The zero-order chi connectivity index (χ0) is 13.3. The smallest absolute Gasteiger partial charge is 0.351 e. The van der Waals surface area contributed by atoms with Crippen LogP contribution in [0.1, 0.15) is 17.5 Å². The van der Waals surface area contributed by atoms with Gasteiger partial charge in [-0.05, 0) is 24.1 Å². The molecule has 0 aromatic heterocycles. The van der Waals surface area contributed by atoms with Gasteiger partial charge < -0.3 is 11.1 Å². The van der Waals surface area contributed by atoms with Gasteiger partial charge >= 0.3 is 6.18 Å². The van der Waals surface area contributed by atoms with E-state index < -0.39 is 11.7 Å². The van der Waals surface area contributed by atoms with Crippen molar-refractivity contribution < 1.29 is 18.0 Å².